The Kier molecular flexibility index (Phi) is 4.05. The molecular weight excluding hydrogens is 316 g/mol. The van der Waals surface area contributed by atoms with Gasteiger partial charge in [-0.1, -0.05) is 11.3 Å². The highest BCUT2D eigenvalue weighted by Gasteiger charge is 2.28. The fraction of sp³-hybridized carbons (Fsp3) is 0.333. The highest BCUT2D eigenvalue weighted by Crippen LogP contribution is 2.31. The molecule has 0 spiro atoms. The van der Waals surface area contributed by atoms with Crippen LogP contribution in [0.25, 0.3) is 11.0 Å². The number of piperidine rings is 1. The molecule has 2 aromatic heterocycles. The van der Waals surface area contributed by atoms with E-state index in [9.17, 15) is 4.79 Å². The molecule has 1 aliphatic heterocycles. The number of anilines is 1. The number of pyridine rings is 1. The predicted molar refractivity (Wildman–Crippen MR) is 95.1 cm³/mol. The lowest BCUT2D eigenvalue weighted by Gasteiger charge is -2.35. The molecule has 128 valence electrons. The van der Waals surface area contributed by atoms with Gasteiger partial charge in [-0.25, -0.2) is 9.48 Å². The smallest absolute Gasteiger partial charge is 0.317 e. The number of aromatic nitrogens is 4. The summed E-state index contributed by atoms with van der Waals surface area (Å²) in [7, 11) is 1.85. The first kappa shape index (κ1) is 15.6. The first-order valence-corrected chi connectivity index (χ1v) is 8.49. The molecule has 0 aliphatic carbocycles. The maximum absolute atomic E-state index is 12.8. The Morgan fingerprint density at radius 1 is 1.28 bits per heavy atom. The van der Waals surface area contributed by atoms with Gasteiger partial charge < -0.3 is 10.2 Å². The Morgan fingerprint density at radius 3 is 3.04 bits per heavy atom. The van der Waals surface area contributed by atoms with Gasteiger partial charge >= 0.3 is 6.03 Å². The number of benzene rings is 1. The molecule has 0 radical (unpaired) electrons. The fourth-order valence-corrected chi connectivity index (χ4v) is 3.41. The zero-order valence-electron chi connectivity index (χ0n) is 14.1. The number of fused-ring (bicyclic) bond motifs is 1. The van der Waals surface area contributed by atoms with Crippen LogP contribution < -0.4 is 5.32 Å². The lowest BCUT2D eigenvalue weighted by atomic mass is 9.97. The number of rotatable bonds is 2. The van der Waals surface area contributed by atoms with Crippen LogP contribution in [0.4, 0.5) is 10.5 Å². The Morgan fingerprint density at radius 2 is 2.20 bits per heavy atom. The number of nitrogens with zero attached hydrogens (tertiary/aromatic N) is 5. The van der Waals surface area contributed by atoms with Crippen molar-refractivity contribution in [2.75, 3.05) is 11.9 Å². The van der Waals surface area contributed by atoms with E-state index in [1.54, 1.807) is 10.9 Å². The van der Waals surface area contributed by atoms with Gasteiger partial charge in [-0.05, 0) is 49.1 Å². The third-order valence-electron chi connectivity index (χ3n) is 4.69. The number of hydrogen-bond acceptors (Lipinski definition) is 4. The van der Waals surface area contributed by atoms with Gasteiger partial charge in [-0.3, -0.25) is 4.98 Å². The van der Waals surface area contributed by atoms with Gasteiger partial charge in [0.15, 0.2) is 0 Å². The van der Waals surface area contributed by atoms with Crippen LogP contribution in [0, 0.1) is 0 Å². The molecule has 1 saturated heterocycles. The summed E-state index contributed by atoms with van der Waals surface area (Å²) < 4.78 is 1.71. The number of carbonyl (C=O) groups is 1. The van der Waals surface area contributed by atoms with Gasteiger partial charge in [-0.15, -0.1) is 5.10 Å². The summed E-state index contributed by atoms with van der Waals surface area (Å²) in [6, 6.07) is 9.59. The lowest BCUT2D eigenvalue weighted by Crippen LogP contribution is -2.41. The van der Waals surface area contributed by atoms with E-state index in [-0.39, 0.29) is 12.1 Å². The molecule has 1 atom stereocenters. The van der Waals surface area contributed by atoms with E-state index in [0.717, 1.165) is 48.1 Å². The minimum atomic E-state index is -0.0863. The van der Waals surface area contributed by atoms with E-state index < -0.39 is 0 Å². The van der Waals surface area contributed by atoms with Crippen molar-refractivity contribution in [3.05, 3.63) is 48.3 Å². The number of aryl methyl sites for hydroxylation is 1. The zero-order valence-corrected chi connectivity index (χ0v) is 14.1. The Hall–Kier alpha value is -2.96. The SMILES string of the molecule is Cn1nnc2cc(NC(=O)N3CCCC[C@H]3c3cccnc3)ccc21. The largest absolute Gasteiger partial charge is 0.322 e. The van der Waals surface area contributed by atoms with Crippen molar-refractivity contribution in [3.8, 4) is 0 Å². The van der Waals surface area contributed by atoms with Gasteiger partial charge in [0.2, 0.25) is 0 Å². The van der Waals surface area contributed by atoms with E-state index in [1.807, 2.05) is 48.5 Å². The summed E-state index contributed by atoms with van der Waals surface area (Å²) in [5, 5.41) is 11.1. The van der Waals surface area contributed by atoms with Crippen LogP contribution >= 0.6 is 0 Å². The second-order valence-corrected chi connectivity index (χ2v) is 6.34. The predicted octanol–water partition coefficient (Wildman–Crippen LogP) is 3.12. The van der Waals surface area contributed by atoms with Crippen LogP contribution in [0.3, 0.4) is 0 Å². The summed E-state index contributed by atoms with van der Waals surface area (Å²) >= 11 is 0. The minimum Gasteiger partial charge on any atom is -0.317 e. The molecule has 0 bridgehead atoms. The van der Waals surface area contributed by atoms with Crippen LogP contribution in [0.1, 0.15) is 30.9 Å². The molecule has 0 unspecified atom stereocenters. The summed E-state index contributed by atoms with van der Waals surface area (Å²) in [5.41, 5.74) is 3.52. The summed E-state index contributed by atoms with van der Waals surface area (Å²) in [6.45, 7) is 0.749. The first-order valence-electron chi connectivity index (χ1n) is 8.49. The molecule has 1 aliphatic rings. The first-order chi connectivity index (χ1) is 12.2. The average Bonchev–Trinajstić information content (AvgIpc) is 3.03. The maximum Gasteiger partial charge on any atom is 0.322 e. The van der Waals surface area contributed by atoms with Crippen molar-refractivity contribution in [2.24, 2.45) is 7.05 Å². The van der Waals surface area contributed by atoms with Crippen molar-refractivity contribution in [3.63, 3.8) is 0 Å². The summed E-state index contributed by atoms with van der Waals surface area (Å²) in [6.07, 6.45) is 6.71. The van der Waals surface area contributed by atoms with E-state index in [2.05, 4.69) is 20.6 Å². The Balaban J connectivity index is 1.55. The Labute approximate surface area is 145 Å². The van der Waals surface area contributed by atoms with Crippen molar-refractivity contribution >= 4 is 22.8 Å². The summed E-state index contributed by atoms with van der Waals surface area (Å²) in [4.78, 5) is 18.9. The molecule has 7 nitrogen and oxygen atoms in total. The van der Waals surface area contributed by atoms with Crippen molar-refractivity contribution in [1.82, 2.24) is 24.9 Å². The van der Waals surface area contributed by atoms with E-state index >= 15 is 0 Å². The third-order valence-corrected chi connectivity index (χ3v) is 4.69. The second kappa shape index (κ2) is 6.51. The highest BCUT2D eigenvalue weighted by molar-refractivity contribution is 5.92. The zero-order chi connectivity index (χ0) is 17.2. The Bertz CT molecular complexity index is 891. The van der Waals surface area contributed by atoms with E-state index in [1.165, 1.54) is 0 Å². The molecule has 0 saturated carbocycles. The lowest BCUT2D eigenvalue weighted by molar-refractivity contribution is 0.163. The molecule has 4 rings (SSSR count). The molecule has 1 N–H and O–H groups in total. The van der Waals surface area contributed by atoms with Crippen LogP contribution in [-0.4, -0.2) is 37.5 Å². The van der Waals surface area contributed by atoms with Crippen molar-refractivity contribution in [2.45, 2.75) is 25.3 Å². The molecule has 3 aromatic rings. The number of amides is 2. The van der Waals surface area contributed by atoms with Gasteiger partial charge in [-0.2, -0.15) is 0 Å². The average molecular weight is 336 g/mol. The topological polar surface area (TPSA) is 75.9 Å². The number of carbonyl (C=O) groups excluding carboxylic acids is 1. The number of likely N-dealkylation sites (tertiary alicyclic amines) is 1. The van der Waals surface area contributed by atoms with Crippen LogP contribution in [0.5, 0.6) is 0 Å². The van der Waals surface area contributed by atoms with Crippen molar-refractivity contribution < 1.29 is 4.79 Å². The maximum atomic E-state index is 12.8. The van der Waals surface area contributed by atoms with E-state index in [4.69, 9.17) is 0 Å². The van der Waals surface area contributed by atoms with E-state index in [0.29, 0.717) is 0 Å². The normalized spacial score (nSPS) is 17.6. The molecule has 1 aromatic carbocycles. The number of nitrogens with one attached hydrogen (secondary N) is 1. The molecule has 2 amide bonds. The number of hydrogen-bond donors (Lipinski definition) is 1. The third kappa shape index (κ3) is 3.05. The van der Waals surface area contributed by atoms with Crippen molar-refractivity contribution in [1.29, 1.82) is 0 Å². The number of urea groups is 1. The second-order valence-electron chi connectivity index (χ2n) is 6.34. The molecule has 1 fully saturated rings. The summed E-state index contributed by atoms with van der Waals surface area (Å²) in [5.74, 6) is 0. The van der Waals surface area contributed by atoms with Crippen LogP contribution in [-0.2, 0) is 7.05 Å². The standard InChI is InChI=1S/C18H20N6O/c1-23-17-8-7-14(11-15(17)21-22-23)20-18(25)24-10-3-2-6-16(24)13-5-4-9-19-12-13/h4-5,7-9,11-12,16H,2-3,6,10H2,1H3,(H,20,25)/t16-/m0/s1. The molecule has 3 heterocycles. The van der Waals surface area contributed by atoms with Gasteiger partial charge in [0.25, 0.3) is 0 Å². The van der Waals surface area contributed by atoms with Crippen LogP contribution in [0.15, 0.2) is 42.7 Å². The minimum absolute atomic E-state index is 0.0719. The molecule has 25 heavy (non-hydrogen) atoms. The van der Waals surface area contributed by atoms with Crippen LogP contribution in [0.2, 0.25) is 0 Å². The highest BCUT2D eigenvalue weighted by atomic mass is 16.2. The van der Waals surface area contributed by atoms with Gasteiger partial charge in [0.05, 0.1) is 11.6 Å². The monoisotopic (exact) mass is 336 g/mol. The fourth-order valence-electron chi connectivity index (χ4n) is 3.41. The quantitative estimate of drug-likeness (QED) is 0.780. The van der Waals surface area contributed by atoms with Gasteiger partial charge in [0.1, 0.15) is 5.52 Å². The molecule has 7 heteroatoms. The van der Waals surface area contributed by atoms with Gasteiger partial charge in [0, 0.05) is 31.7 Å². The molecular formula is C18H20N6O.